The van der Waals surface area contributed by atoms with Gasteiger partial charge in [-0.3, -0.25) is 9.59 Å². The summed E-state index contributed by atoms with van der Waals surface area (Å²) in [6, 6.07) is 2.96. The fourth-order valence-corrected chi connectivity index (χ4v) is 1.82. The van der Waals surface area contributed by atoms with E-state index in [1.54, 1.807) is 20.8 Å². The number of rotatable bonds is 5. The minimum atomic E-state index is -1.24. The first kappa shape index (κ1) is 19.4. The molecule has 7 nitrogen and oxygen atoms in total. The number of anilines is 1. The molecule has 0 heterocycles. The van der Waals surface area contributed by atoms with Gasteiger partial charge in [-0.25, -0.2) is 9.18 Å². The Labute approximate surface area is 139 Å². The largest absolute Gasteiger partial charge is 0.444 e. The maximum Gasteiger partial charge on any atom is 0.408 e. The SMILES string of the molecule is Cc1c(F)cccc1NC(=O)C(CC(N)=O)NC(=O)OC(C)(C)C. The average Bonchev–Trinajstić information content (AvgIpc) is 2.40. The van der Waals surface area contributed by atoms with Gasteiger partial charge in [-0.05, 0) is 39.8 Å². The van der Waals surface area contributed by atoms with Crippen LogP contribution in [0.2, 0.25) is 0 Å². The van der Waals surface area contributed by atoms with Gasteiger partial charge >= 0.3 is 6.09 Å². The summed E-state index contributed by atoms with van der Waals surface area (Å²) in [6.45, 7) is 6.47. The Morgan fingerprint density at radius 3 is 2.46 bits per heavy atom. The third-order valence-electron chi connectivity index (χ3n) is 2.94. The Morgan fingerprint density at radius 2 is 1.92 bits per heavy atom. The number of primary amides is 1. The molecule has 3 amide bonds. The first-order chi connectivity index (χ1) is 11.0. The molecule has 0 saturated carbocycles. The number of amides is 3. The van der Waals surface area contributed by atoms with Gasteiger partial charge in [-0.15, -0.1) is 0 Å². The summed E-state index contributed by atoms with van der Waals surface area (Å²) in [6.07, 6.45) is -1.28. The number of alkyl carbamates (subject to hydrolysis) is 1. The van der Waals surface area contributed by atoms with Gasteiger partial charge in [-0.2, -0.15) is 0 Å². The Kier molecular flexibility index (Phi) is 6.27. The van der Waals surface area contributed by atoms with Crippen molar-refractivity contribution in [3.05, 3.63) is 29.6 Å². The van der Waals surface area contributed by atoms with Crippen molar-refractivity contribution in [2.24, 2.45) is 5.73 Å². The van der Waals surface area contributed by atoms with Crippen molar-refractivity contribution in [1.29, 1.82) is 0 Å². The van der Waals surface area contributed by atoms with Crippen molar-refractivity contribution in [3.63, 3.8) is 0 Å². The van der Waals surface area contributed by atoms with Crippen molar-refractivity contribution in [3.8, 4) is 0 Å². The Hall–Kier alpha value is -2.64. The third kappa shape index (κ3) is 6.23. The average molecular weight is 339 g/mol. The molecule has 24 heavy (non-hydrogen) atoms. The lowest BCUT2D eigenvalue weighted by Gasteiger charge is -2.23. The fourth-order valence-electron chi connectivity index (χ4n) is 1.82. The lowest BCUT2D eigenvalue weighted by atomic mass is 10.1. The summed E-state index contributed by atoms with van der Waals surface area (Å²) in [5, 5.41) is 4.76. The summed E-state index contributed by atoms with van der Waals surface area (Å²) < 4.78 is 18.6. The number of benzene rings is 1. The van der Waals surface area contributed by atoms with Crippen LogP contribution in [0.4, 0.5) is 14.9 Å². The molecule has 0 aliphatic carbocycles. The number of nitrogens with two attached hydrogens (primary N) is 1. The highest BCUT2D eigenvalue weighted by atomic mass is 19.1. The molecule has 0 aromatic heterocycles. The van der Waals surface area contributed by atoms with Crippen molar-refractivity contribution in [2.45, 2.75) is 45.8 Å². The molecule has 8 heteroatoms. The first-order valence-electron chi connectivity index (χ1n) is 7.33. The topological polar surface area (TPSA) is 111 Å². The van der Waals surface area contributed by atoms with E-state index >= 15 is 0 Å². The monoisotopic (exact) mass is 339 g/mol. The van der Waals surface area contributed by atoms with Crippen LogP contribution < -0.4 is 16.4 Å². The number of ether oxygens (including phenoxy) is 1. The van der Waals surface area contributed by atoms with Crippen LogP contribution >= 0.6 is 0 Å². The molecule has 0 spiro atoms. The summed E-state index contributed by atoms with van der Waals surface area (Å²) in [7, 11) is 0. The minimum absolute atomic E-state index is 0.237. The second-order valence-corrected chi connectivity index (χ2v) is 6.27. The highest BCUT2D eigenvalue weighted by molar-refractivity contribution is 5.99. The standard InChI is InChI=1S/C16H22FN3O4/c1-9-10(17)6-5-7-11(9)19-14(22)12(8-13(18)21)20-15(23)24-16(2,3)4/h5-7,12H,8H2,1-4H3,(H2,18,21)(H,19,22)(H,20,23). The molecule has 1 rings (SSSR count). The minimum Gasteiger partial charge on any atom is -0.444 e. The predicted molar refractivity (Wildman–Crippen MR) is 86.7 cm³/mol. The van der Waals surface area contributed by atoms with E-state index in [9.17, 15) is 18.8 Å². The van der Waals surface area contributed by atoms with Crippen molar-refractivity contribution in [1.82, 2.24) is 5.32 Å². The van der Waals surface area contributed by atoms with E-state index in [4.69, 9.17) is 10.5 Å². The van der Waals surface area contributed by atoms with Crippen LogP contribution in [0.3, 0.4) is 0 Å². The number of hydrogen-bond acceptors (Lipinski definition) is 4. The predicted octanol–water partition coefficient (Wildman–Crippen LogP) is 1.84. The zero-order chi connectivity index (χ0) is 18.5. The maximum absolute atomic E-state index is 13.5. The number of nitrogens with one attached hydrogen (secondary N) is 2. The van der Waals surface area contributed by atoms with E-state index < -0.39 is 41.8 Å². The molecule has 1 aromatic carbocycles. The summed E-state index contributed by atoms with van der Waals surface area (Å²) >= 11 is 0. The molecular formula is C16H22FN3O4. The van der Waals surface area contributed by atoms with Crippen LogP contribution in [0.15, 0.2) is 18.2 Å². The lowest BCUT2D eigenvalue weighted by molar-refractivity contribution is -0.124. The second-order valence-electron chi connectivity index (χ2n) is 6.27. The Morgan fingerprint density at radius 1 is 1.29 bits per heavy atom. The highest BCUT2D eigenvalue weighted by Crippen LogP contribution is 2.18. The van der Waals surface area contributed by atoms with E-state index in [1.807, 2.05) is 0 Å². The highest BCUT2D eigenvalue weighted by Gasteiger charge is 2.26. The number of hydrogen-bond donors (Lipinski definition) is 3. The maximum atomic E-state index is 13.5. The molecular weight excluding hydrogens is 317 g/mol. The molecule has 1 aromatic rings. The van der Waals surface area contributed by atoms with E-state index in [2.05, 4.69) is 10.6 Å². The van der Waals surface area contributed by atoms with Crippen molar-refractivity contribution >= 4 is 23.6 Å². The smallest absolute Gasteiger partial charge is 0.408 e. The molecule has 4 N–H and O–H groups in total. The van der Waals surface area contributed by atoms with Gasteiger partial charge in [0.25, 0.3) is 0 Å². The number of carbonyl (C=O) groups excluding carboxylic acids is 3. The van der Waals surface area contributed by atoms with E-state index in [0.29, 0.717) is 0 Å². The van der Waals surface area contributed by atoms with Crippen LogP contribution in [0.5, 0.6) is 0 Å². The summed E-state index contributed by atoms with van der Waals surface area (Å²) in [5.74, 6) is -1.96. The van der Waals surface area contributed by atoms with Crippen LogP contribution in [0, 0.1) is 12.7 Å². The van der Waals surface area contributed by atoms with E-state index in [0.717, 1.165) is 0 Å². The molecule has 0 aliphatic rings. The van der Waals surface area contributed by atoms with Crippen LogP contribution in [0.25, 0.3) is 0 Å². The molecule has 0 bridgehead atoms. The molecule has 1 atom stereocenters. The molecule has 0 saturated heterocycles. The van der Waals surface area contributed by atoms with Gasteiger partial charge in [0.05, 0.1) is 6.42 Å². The van der Waals surface area contributed by atoms with Crippen LogP contribution in [0.1, 0.15) is 32.8 Å². The zero-order valence-electron chi connectivity index (χ0n) is 14.1. The number of carbonyl (C=O) groups is 3. The van der Waals surface area contributed by atoms with Crippen LogP contribution in [-0.2, 0) is 14.3 Å². The summed E-state index contributed by atoms with van der Waals surface area (Å²) in [5.41, 5.74) is 4.82. The van der Waals surface area contributed by atoms with Gasteiger partial charge in [0.15, 0.2) is 0 Å². The summed E-state index contributed by atoms with van der Waals surface area (Å²) in [4.78, 5) is 35.2. The van der Waals surface area contributed by atoms with E-state index in [-0.39, 0.29) is 11.3 Å². The Bertz CT molecular complexity index is 641. The van der Waals surface area contributed by atoms with Gasteiger partial charge in [-0.1, -0.05) is 6.07 Å². The molecule has 1 unspecified atom stereocenters. The van der Waals surface area contributed by atoms with Crippen molar-refractivity contribution in [2.75, 3.05) is 5.32 Å². The molecule has 0 aliphatic heterocycles. The quantitative estimate of drug-likeness (QED) is 0.760. The molecule has 132 valence electrons. The molecule has 0 fully saturated rings. The molecule has 0 radical (unpaired) electrons. The first-order valence-corrected chi connectivity index (χ1v) is 7.33. The fraction of sp³-hybridized carbons (Fsp3) is 0.438. The number of halogens is 1. The van der Waals surface area contributed by atoms with Gasteiger partial charge in [0, 0.05) is 11.3 Å². The third-order valence-corrected chi connectivity index (χ3v) is 2.94. The van der Waals surface area contributed by atoms with Gasteiger partial charge < -0.3 is 21.1 Å². The van der Waals surface area contributed by atoms with Crippen LogP contribution in [-0.4, -0.2) is 29.6 Å². The van der Waals surface area contributed by atoms with Crippen molar-refractivity contribution < 1.29 is 23.5 Å². The zero-order valence-corrected chi connectivity index (χ0v) is 14.1. The Balaban J connectivity index is 2.87. The second kappa shape index (κ2) is 7.76. The van der Waals surface area contributed by atoms with Gasteiger partial charge in [0.2, 0.25) is 11.8 Å². The normalized spacial score (nSPS) is 12.2. The lowest BCUT2D eigenvalue weighted by Crippen LogP contribution is -2.47. The van der Waals surface area contributed by atoms with E-state index in [1.165, 1.54) is 25.1 Å². The van der Waals surface area contributed by atoms with Gasteiger partial charge in [0.1, 0.15) is 17.5 Å².